The van der Waals surface area contributed by atoms with Crippen molar-refractivity contribution in [2.45, 2.75) is 31.0 Å². The predicted octanol–water partition coefficient (Wildman–Crippen LogP) is 5.11. The molecule has 1 aromatic carbocycles. The molecule has 0 aliphatic heterocycles. The first-order valence-corrected chi connectivity index (χ1v) is 6.98. The van der Waals surface area contributed by atoms with E-state index in [1.165, 1.54) is 30.4 Å². The van der Waals surface area contributed by atoms with Crippen LogP contribution in [-0.4, -0.2) is 0 Å². The number of hydrogen-bond acceptors (Lipinski definition) is 1. The molecule has 0 aliphatic rings. The number of rotatable bonds is 5. The molecule has 0 amide bonds. The van der Waals surface area contributed by atoms with Crippen molar-refractivity contribution >= 4 is 15.9 Å². The molecule has 1 aromatic heterocycles. The maximum absolute atomic E-state index is 5.10. The van der Waals surface area contributed by atoms with Crippen LogP contribution in [-0.2, 0) is 6.42 Å². The molecule has 0 aliphatic carbocycles. The lowest BCUT2D eigenvalue weighted by atomic mass is 10.0. The predicted molar refractivity (Wildman–Crippen MR) is 74.5 cm³/mol. The molecule has 0 radical (unpaired) electrons. The number of aryl methyl sites for hydroxylation is 1. The Balaban J connectivity index is 2.07. The molecule has 2 aromatic rings. The maximum Gasteiger partial charge on any atom is 0.0949 e. The lowest BCUT2D eigenvalue weighted by Gasteiger charge is -2.08. The zero-order chi connectivity index (χ0) is 12.1. The van der Waals surface area contributed by atoms with Gasteiger partial charge in [-0.3, -0.25) is 0 Å². The van der Waals surface area contributed by atoms with Gasteiger partial charge in [0, 0.05) is 5.56 Å². The van der Waals surface area contributed by atoms with Crippen LogP contribution in [0.2, 0.25) is 0 Å². The van der Waals surface area contributed by atoms with Crippen LogP contribution in [0, 0.1) is 0 Å². The van der Waals surface area contributed by atoms with Gasteiger partial charge in [-0.1, -0.05) is 53.5 Å². The number of halogens is 1. The van der Waals surface area contributed by atoms with E-state index in [4.69, 9.17) is 4.42 Å². The molecule has 90 valence electrons. The molecular formula is C15H17BrO. The number of unbranched alkanes of at least 4 members (excludes halogenated alkanes) is 1. The molecule has 0 fully saturated rings. The van der Waals surface area contributed by atoms with Crippen LogP contribution in [0.5, 0.6) is 0 Å². The van der Waals surface area contributed by atoms with Gasteiger partial charge in [0.05, 0.1) is 17.4 Å². The minimum Gasteiger partial charge on any atom is -0.472 e. The van der Waals surface area contributed by atoms with Crippen molar-refractivity contribution < 1.29 is 4.42 Å². The average Bonchev–Trinajstić information content (AvgIpc) is 2.90. The van der Waals surface area contributed by atoms with Crippen LogP contribution in [0.1, 0.15) is 41.3 Å². The smallest absolute Gasteiger partial charge is 0.0949 e. The highest BCUT2D eigenvalue weighted by Gasteiger charge is 2.10. The second-order valence-corrected chi connectivity index (χ2v) is 5.18. The summed E-state index contributed by atoms with van der Waals surface area (Å²) in [5.74, 6) is 0. The lowest BCUT2D eigenvalue weighted by Crippen LogP contribution is -1.92. The van der Waals surface area contributed by atoms with Gasteiger partial charge < -0.3 is 4.42 Å². The molecule has 0 N–H and O–H groups in total. The summed E-state index contributed by atoms with van der Waals surface area (Å²) in [4.78, 5) is 0.224. The van der Waals surface area contributed by atoms with Gasteiger partial charge >= 0.3 is 0 Å². The highest BCUT2D eigenvalue weighted by atomic mass is 79.9. The van der Waals surface area contributed by atoms with Crippen molar-refractivity contribution in [1.29, 1.82) is 0 Å². The fourth-order valence-corrected chi connectivity index (χ4v) is 2.41. The summed E-state index contributed by atoms with van der Waals surface area (Å²) in [5, 5.41) is 0. The van der Waals surface area contributed by atoms with Gasteiger partial charge in [-0.25, -0.2) is 0 Å². The Bertz CT molecular complexity index is 430. The Morgan fingerprint density at radius 2 is 1.88 bits per heavy atom. The average molecular weight is 293 g/mol. The van der Waals surface area contributed by atoms with E-state index in [1.807, 2.05) is 6.07 Å². The number of furan rings is 1. The molecule has 2 heteroatoms. The van der Waals surface area contributed by atoms with Crippen LogP contribution in [0.3, 0.4) is 0 Å². The van der Waals surface area contributed by atoms with Gasteiger partial charge in [-0.2, -0.15) is 0 Å². The molecule has 1 unspecified atom stereocenters. The van der Waals surface area contributed by atoms with Gasteiger partial charge in [-0.05, 0) is 30.0 Å². The van der Waals surface area contributed by atoms with Crippen LogP contribution in [0.15, 0.2) is 47.3 Å². The topological polar surface area (TPSA) is 13.1 Å². The monoisotopic (exact) mass is 292 g/mol. The van der Waals surface area contributed by atoms with E-state index >= 15 is 0 Å². The van der Waals surface area contributed by atoms with Gasteiger partial charge in [0.1, 0.15) is 0 Å². The third-order valence-electron chi connectivity index (χ3n) is 2.93. The van der Waals surface area contributed by atoms with Crippen LogP contribution >= 0.6 is 15.9 Å². The second kappa shape index (κ2) is 6.06. The second-order valence-electron chi connectivity index (χ2n) is 4.26. The molecular weight excluding hydrogens is 276 g/mol. The Hall–Kier alpha value is -1.02. The largest absolute Gasteiger partial charge is 0.472 e. The van der Waals surface area contributed by atoms with Crippen LogP contribution in [0.4, 0.5) is 0 Å². The van der Waals surface area contributed by atoms with Crippen LogP contribution in [0.25, 0.3) is 0 Å². The minimum atomic E-state index is 0.224. The zero-order valence-corrected chi connectivity index (χ0v) is 11.6. The number of benzene rings is 1. The first-order valence-electron chi connectivity index (χ1n) is 6.06. The van der Waals surface area contributed by atoms with Crippen LogP contribution < -0.4 is 0 Å². The SMILES string of the molecule is CCCCc1ccc(C(Br)c2ccoc2)cc1. The Labute approximate surface area is 111 Å². The van der Waals surface area contributed by atoms with E-state index in [2.05, 4.69) is 47.1 Å². The van der Waals surface area contributed by atoms with Crippen molar-refractivity contribution in [3.05, 3.63) is 59.5 Å². The zero-order valence-electron chi connectivity index (χ0n) is 10.0. The number of alkyl halides is 1. The standard InChI is InChI=1S/C15H17BrO/c1-2-3-4-12-5-7-13(8-6-12)15(16)14-9-10-17-11-14/h5-11,15H,2-4H2,1H3. The fourth-order valence-electron chi connectivity index (χ4n) is 1.85. The maximum atomic E-state index is 5.10. The summed E-state index contributed by atoms with van der Waals surface area (Å²) < 4.78 is 5.10. The molecule has 0 saturated carbocycles. The number of hydrogen-bond donors (Lipinski definition) is 0. The van der Waals surface area contributed by atoms with Crippen molar-refractivity contribution in [3.8, 4) is 0 Å². The molecule has 1 heterocycles. The van der Waals surface area contributed by atoms with Crippen molar-refractivity contribution in [2.24, 2.45) is 0 Å². The summed E-state index contributed by atoms with van der Waals surface area (Å²) in [6.45, 7) is 2.22. The minimum absolute atomic E-state index is 0.224. The van der Waals surface area contributed by atoms with Gasteiger partial charge in [0.15, 0.2) is 0 Å². The van der Waals surface area contributed by atoms with Crippen molar-refractivity contribution in [2.75, 3.05) is 0 Å². The summed E-state index contributed by atoms with van der Waals surface area (Å²) >= 11 is 3.69. The van der Waals surface area contributed by atoms with E-state index in [0.29, 0.717) is 0 Å². The van der Waals surface area contributed by atoms with E-state index in [1.54, 1.807) is 12.5 Å². The molecule has 17 heavy (non-hydrogen) atoms. The van der Waals surface area contributed by atoms with E-state index in [9.17, 15) is 0 Å². The molecule has 0 bridgehead atoms. The Kier molecular flexibility index (Phi) is 4.43. The third kappa shape index (κ3) is 3.22. The van der Waals surface area contributed by atoms with Crippen molar-refractivity contribution in [3.63, 3.8) is 0 Å². The Morgan fingerprint density at radius 3 is 2.47 bits per heavy atom. The van der Waals surface area contributed by atoms with Crippen molar-refractivity contribution in [1.82, 2.24) is 0 Å². The molecule has 1 atom stereocenters. The summed E-state index contributed by atoms with van der Waals surface area (Å²) in [6, 6.07) is 10.8. The first-order chi connectivity index (χ1) is 8.31. The third-order valence-corrected chi connectivity index (χ3v) is 3.98. The van der Waals surface area contributed by atoms with E-state index < -0.39 is 0 Å². The molecule has 2 rings (SSSR count). The highest BCUT2D eigenvalue weighted by Crippen LogP contribution is 2.31. The quantitative estimate of drug-likeness (QED) is 0.698. The normalized spacial score (nSPS) is 12.6. The lowest BCUT2D eigenvalue weighted by molar-refractivity contribution is 0.564. The van der Waals surface area contributed by atoms with Gasteiger partial charge in [0.25, 0.3) is 0 Å². The summed E-state index contributed by atoms with van der Waals surface area (Å²) in [7, 11) is 0. The van der Waals surface area contributed by atoms with E-state index in [-0.39, 0.29) is 4.83 Å². The highest BCUT2D eigenvalue weighted by molar-refractivity contribution is 9.09. The summed E-state index contributed by atoms with van der Waals surface area (Å²) in [5.41, 5.74) is 3.85. The van der Waals surface area contributed by atoms with E-state index in [0.717, 1.165) is 5.56 Å². The van der Waals surface area contributed by atoms with Gasteiger partial charge in [0.2, 0.25) is 0 Å². The fraction of sp³-hybridized carbons (Fsp3) is 0.333. The molecule has 0 saturated heterocycles. The molecule has 0 spiro atoms. The van der Waals surface area contributed by atoms with Gasteiger partial charge in [-0.15, -0.1) is 0 Å². The first kappa shape index (κ1) is 12.4. The summed E-state index contributed by atoms with van der Waals surface area (Å²) in [6.07, 6.45) is 7.18. The Morgan fingerprint density at radius 1 is 1.12 bits per heavy atom. The molecule has 1 nitrogen and oxygen atoms in total.